The lowest BCUT2D eigenvalue weighted by molar-refractivity contribution is 0.752. The summed E-state index contributed by atoms with van der Waals surface area (Å²) in [5, 5.41) is 2.50. The number of para-hydroxylation sites is 3. The molecule has 56 heavy (non-hydrogen) atoms. The second-order valence-electron chi connectivity index (χ2n) is 15.1. The Morgan fingerprint density at radius 2 is 1.25 bits per heavy atom. The van der Waals surface area contributed by atoms with Gasteiger partial charge in [-0.1, -0.05) is 145 Å². The predicted octanol–water partition coefficient (Wildman–Crippen LogP) is 13.1. The van der Waals surface area contributed by atoms with E-state index in [0.717, 1.165) is 62.5 Å². The van der Waals surface area contributed by atoms with Crippen LogP contribution in [0, 0.1) is 12.8 Å². The van der Waals surface area contributed by atoms with Crippen molar-refractivity contribution < 1.29 is 0 Å². The number of fused-ring (bicyclic) bond motifs is 5. The summed E-state index contributed by atoms with van der Waals surface area (Å²) in [5.74, 6) is 0.449. The van der Waals surface area contributed by atoms with Crippen molar-refractivity contribution in [2.24, 2.45) is 5.92 Å². The van der Waals surface area contributed by atoms with Crippen LogP contribution in [0.25, 0.3) is 72.2 Å². The second-order valence-corrected chi connectivity index (χ2v) is 15.1. The lowest BCUT2D eigenvalue weighted by atomic mass is 9.99. The van der Waals surface area contributed by atoms with E-state index in [-0.39, 0.29) is 5.54 Å². The Hall–Kier alpha value is -7.04. The summed E-state index contributed by atoms with van der Waals surface area (Å²) < 4.78 is 2.38. The predicted molar refractivity (Wildman–Crippen MR) is 233 cm³/mol. The zero-order chi connectivity index (χ0) is 37.2. The Kier molecular flexibility index (Phi) is 7.39. The third-order valence-electron chi connectivity index (χ3n) is 11.7. The van der Waals surface area contributed by atoms with Crippen LogP contribution in [0.1, 0.15) is 12.0 Å². The van der Waals surface area contributed by atoms with E-state index < -0.39 is 0 Å². The molecule has 0 aliphatic heterocycles. The Labute approximate surface area is 326 Å². The molecule has 2 atom stereocenters. The largest absolute Gasteiger partial charge is 0.331 e. The molecule has 11 rings (SSSR count). The molecule has 2 aliphatic rings. The van der Waals surface area contributed by atoms with Gasteiger partial charge in [0.05, 0.1) is 39.0 Å². The fourth-order valence-corrected chi connectivity index (χ4v) is 8.87. The Balaban J connectivity index is 1.07. The van der Waals surface area contributed by atoms with Crippen LogP contribution in [0.2, 0.25) is 0 Å². The quantitative estimate of drug-likeness (QED) is 0.165. The molecular formula is C52H38N4. The number of allylic oxidation sites excluding steroid dienone is 2. The van der Waals surface area contributed by atoms with Gasteiger partial charge in [-0.3, -0.25) is 0 Å². The molecule has 4 heteroatoms. The molecular weight excluding hydrogens is 681 g/mol. The summed E-state index contributed by atoms with van der Waals surface area (Å²) in [7, 11) is 0. The topological polar surface area (TPSA) is 34.0 Å². The molecule has 0 amide bonds. The van der Waals surface area contributed by atoms with Gasteiger partial charge in [0.2, 0.25) is 0 Å². The number of anilines is 2. The van der Waals surface area contributed by atoms with Crippen LogP contribution in [-0.4, -0.2) is 20.1 Å². The highest BCUT2D eigenvalue weighted by Gasteiger charge is 2.56. The molecule has 1 saturated carbocycles. The fourth-order valence-electron chi connectivity index (χ4n) is 8.87. The van der Waals surface area contributed by atoms with E-state index >= 15 is 0 Å². The first-order chi connectivity index (χ1) is 27.6. The van der Waals surface area contributed by atoms with Crippen molar-refractivity contribution in [2.45, 2.75) is 18.9 Å². The third-order valence-corrected chi connectivity index (χ3v) is 11.7. The van der Waals surface area contributed by atoms with Crippen LogP contribution >= 0.6 is 0 Å². The van der Waals surface area contributed by atoms with Gasteiger partial charge in [-0.15, -0.1) is 0 Å². The van der Waals surface area contributed by atoms with Crippen LogP contribution in [0.4, 0.5) is 11.4 Å². The highest BCUT2D eigenvalue weighted by molar-refractivity contribution is 6.10. The van der Waals surface area contributed by atoms with Crippen LogP contribution in [0.15, 0.2) is 194 Å². The maximum atomic E-state index is 5.46. The molecule has 1 fully saturated rings. The van der Waals surface area contributed by atoms with E-state index in [9.17, 15) is 0 Å². The normalized spacial score (nSPS) is 17.1. The SMILES string of the molecule is Cc1ccc(-c2nc3cccc(-c4ccccc4)c3nc2-c2ccc(N(c3ccc4c(c3)c3ccccc3n4-c3ccccc3)C34C=CC=CC3C4)cc2)cc1. The van der Waals surface area contributed by atoms with Gasteiger partial charge in [0.15, 0.2) is 0 Å². The van der Waals surface area contributed by atoms with Gasteiger partial charge >= 0.3 is 0 Å². The van der Waals surface area contributed by atoms with Gasteiger partial charge in [-0.2, -0.15) is 0 Å². The summed E-state index contributed by atoms with van der Waals surface area (Å²) in [5.41, 5.74) is 14.8. The molecule has 0 N–H and O–H groups in total. The Bertz CT molecular complexity index is 3000. The zero-order valence-corrected chi connectivity index (χ0v) is 31.0. The van der Waals surface area contributed by atoms with E-state index in [2.05, 4.69) is 211 Å². The molecule has 0 bridgehead atoms. The smallest absolute Gasteiger partial charge is 0.0973 e. The van der Waals surface area contributed by atoms with E-state index in [0.29, 0.717) is 5.92 Å². The van der Waals surface area contributed by atoms with Crippen molar-refractivity contribution in [3.8, 4) is 39.3 Å². The van der Waals surface area contributed by atoms with Crippen molar-refractivity contribution in [1.29, 1.82) is 0 Å². The number of nitrogens with zero attached hydrogens (tertiary/aromatic N) is 4. The average Bonchev–Trinajstić information content (AvgIpc) is 3.91. The zero-order valence-electron chi connectivity index (χ0n) is 31.0. The lowest BCUT2D eigenvalue weighted by Crippen LogP contribution is -2.34. The molecule has 2 aromatic heterocycles. The summed E-state index contributed by atoms with van der Waals surface area (Å²) in [6.45, 7) is 2.12. The molecule has 4 nitrogen and oxygen atoms in total. The maximum absolute atomic E-state index is 5.46. The van der Waals surface area contributed by atoms with Crippen molar-refractivity contribution in [3.63, 3.8) is 0 Å². The van der Waals surface area contributed by atoms with Crippen LogP contribution in [0.5, 0.6) is 0 Å². The molecule has 2 aliphatic carbocycles. The van der Waals surface area contributed by atoms with E-state index in [1.54, 1.807) is 0 Å². The summed E-state index contributed by atoms with van der Waals surface area (Å²) in [6.07, 6.45) is 10.3. The number of aryl methyl sites for hydroxylation is 1. The van der Waals surface area contributed by atoms with Gasteiger partial charge in [0, 0.05) is 50.4 Å². The monoisotopic (exact) mass is 718 g/mol. The highest BCUT2D eigenvalue weighted by Crippen LogP contribution is 2.57. The Morgan fingerprint density at radius 1 is 0.571 bits per heavy atom. The average molecular weight is 719 g/mol. The molecule has 2 unspecified atom stereocenters. The first-order valence-electron chi connectivity index (χ1n) is 19.4. The minimum Gasteiger partial charge on any atom is -0.331 e. The minimum absolute atomic E-state index is 0.123. The van der Waals surface area contributed by atoms with Gasteiger partial charge in [0.25, 0.3) is 0 Å². The lowest BCUT2D eigenvalue weighted by Gasteiger charge is -2.34. The molecule has 2 heterocycles. The summed E-state index contributed by atoms with van der Waals surface area (Å²) in [4.78, 5) is 13.3. The number of aromatic nitrogens is 3. The molecule has 0 radical (unpaired) electrons. The van der Waals surface area contributed by atoms with Crippen molar-refractivity contribution in [2.75, 3.05) is 4.90 Å². The first kappa shape index (κ1) is 32.4. The van der Waals surface area contributed by atoms with Crippen LogP contribution in [-0.2, 0) is 0 Å². The van der Waals surface area contributed by atoms with Gasteiger partial charge in [-0.25, -0.2) is 9.97 Å². The maximum Gasteiger partial charge on any atom is 0.0973 e. The third kappa shape index (κ3) is 5.21. The molecule has 7 aromatic carbocycles. The van der Waals surface area contributed by atoms with Crippen LogP contribution in [0.3, 0.4) is 0 Å². The number of hydrogen-bond acceptors (Lipinski definition) is 3. The van der Waals surface area contributed by atoms with Crippen molar-refractivity contribution in [3.05, 3.63) is 200 Å². The Morgan fingerprint density at radius 3 is 2.04 bits per heavy atom. The minimum atomic E-state index is -0.123. The number of hydrogen-bond donors (Lipinski definition) is 0. The van der Waals surface area contributed by atoms with Crippen molar-refractivity contribution >= 4 is 44.2 Å². The number of rotatable bonds is 7. The van der Waals surface area contributed by atoms with Gasteiger partial charge < -0.3 is 9.47 Å². The van der Waals surface area contributed by atoms with Crippen molar-refractivity contribution in [1.82, 2.24) is 14.5 Å². The van der Waals surface area contributed by atoms with E-state index in [1.807, 2.05) is 0 Å². The highest BCUT2D eigenvalue weighted by atomic mass is 15.2. The molecule has 9 aromatic rings. The van der Waals surface area contributed by atoms with Gasteiger partial charge in [-0.05, 0) is 73.5 Å². The molecule has 266 valence electrons. The second kappa shape index (κ2) is 12.8. The first-order valence-corrected chi connectivity index (χ1v) is 19.4. The molecule has 0 saturated heterocycles. The summed E-state index contributed by atoms with van der Waals surface area (Å²) in [6, 6.07) is 60.9. The van der Waals surface area contributed by atoms with E-state index in [1.165, 1.54) is 33.1 Å². The van der Waals surface area contributed by atoms with Crippen LogP contribution < -0.4 is 4.90 Å². The number of benzene rings is 7. The summed E-state index contributed by atoms with van der Waals surface area (Å²) >= 11 is 0. The molecule has 0 spiro atoms. The van der Waals surface area contributed by atoms with E-state index in [4.69, 9.17) is 9.97 Å². The fraction of sp³-hybridized carbons (Fsp3) is 0.0769. The standard InChI is InChI=1S/C52H38N4/c1-35-22-24-37(25-23-35)49-50(54-51-43(19-12-20-46(51)53-49)36-13-4-2-5-14-36)38-26-28-41(29-27-38)56(52-32-11-10-15-39(52)34-52)42-30-31-48-45(33-42)44-18-8-9-21-47(44)55(48)40-16-6-3-7-17-40/h2-33,39H,34H2,1H3. The van der Waals surface area contributed by atoms with Gasteiger partial charge in [0.1, 0.15) is 0 Å².